The van der Waals surface area contributed by atoms with Crippen LogP contribution in [0, 0.1) is 0 Å². The van der Waals surface area contributed by atoms with Crippen LogP contribution in [0.15, 0.2) is 40.0 Å². The van der Waals surface area contributed by atoms with Gasteiger partial charge in [-0.15, -0.1) is 0 Å². The van der Waals surface area contributed by atoms with Crippen LogP contribution in [-0.4, -0.2) is 22.4 Å². The molecular weight excluding hydrogens is 262 g/mol. The van der Waals surface area contributed by atoms with E-state index in [0.29, 0.717) is 12.2 Å². The molecule has 100 valence electrons. The lowest BCUT2D eigenvalue weighted by atomic mass is 10.3. The molecule has 19 heavy (non-hydrogen) atoms. The van der Waals surface area contributed by atoms with E-state index in [0.717, 1.165) is 5.56 Å². The van der Waals surface area contributed by atoms with Gasteiger partial charge < -0.3 is 15.2 Å². The van der Waals surface area contributed by atoms with E-state index in [9.17, 15) is 9.59 Å². The predicted molar refractivity (Wildman–Crippen MR) is 75.9 cm³/mol. The highest BCUT2D eigenvalue weighted by Gasteiger charge is 2.11. The van der Waals surface area contributed by atoms with Crippen molar-refractivity contribution in [2.24, 2.45) is 0 Å². The fraction of sp³-hybridized carbons (Fsp3) is 0.231. The molecular formula is C13H15N3O2S. The predicted octanol–water partition coefficient (Wildman–Crippen LogP) is 1.15. The molecule has 0 fully saturated rings. The van der Waals surface area contributed by atoms with Crippen molar-refractivity contribution < 1.29 is 4.79 Å². The summed E-state index contributed by atoms with van der Waals surface area (Å²) in [5, 5.41) is 3.96. The molecule has 2 rings (SSSR count). The maximum Gasteiger partial charge on any atom is 0.251 e. The van der Waals surface area contributed by atoms with Crippen LogP contribution in [0.1, 0.15) is 5.56 Å². The number of aromatic nitrogens is 1. The SMILES string of the molecule is CN(Cc1ccsc1)C(=O)Cn1cc(N)ccc1=O. The Morgan fingerprint density at radius 3 is 2.89 bits per heavy atom. The Balaban J connectivity index is 2.04. The van der Waals surface area contributed by atoms with Crippen molar-refractivity contribution in [1.82, 2.24) is 9.47 Å². The van der Waals surface area contributed by atoms with Crippen molar-refractivity contribution in [2.75, 3.05) is 12.8 Å². The van der Waals surface area contributed by atoms with Gasteiger partial charge in [0.1, 0.15) is 6.54 Å². The third-order valence-electron chi connectivity index (χ3n) is 2.74. The summed E-state index contributed by atoms with van der Waals surface area (Å²) >= 11 is 1.59. The second-order valence-electron chi connectivity index (χ2n) is 4.31. The van der Waals surface area contributed by atoms with Crippen molar-refractivity contribution in [3.05, 3.63) is 51.1 Å². The summed E-state index contributed by atoms with van der Waals surface area (Å²) in [6.45, 7) is 0.546. The number of carbonyl (C=O) groups is 1. The molecule has 0 atom stereocenters. The quantitative estimate of drug-likeness (QED) is 0.911. The van der Waals surface area contributed by atoms with E-state index in [4.69, 9.17) is 5.73 Å². The number of nitrogens with zero attached hydrogens (tertiary/aromatic N) is 2. The first-order valence-electron chi connectivity index (χ1n) is 5.77. The van der Waals surface area contributed by atoms with Crippen LogP contribution >= 0.6 is 11.3 Å². The normalized spacial score (nSPS) is 10.4. The van der Waals surface area contributed by atoms with Gasteiger partial charge in [0.25, 0.3) is 5.56 Å². The lowest BCUT2D eigenvalue weighted by Crippen LogP contribution is -2.33. The number of anilines is 1. The van der Waals surface area contributed by atoms with E-state index in [-0.39, 0.29) is 18.0 Å². The van der Waals surface area contributed by atoms with Gasteiger partial charge in [-0.2, -0.15) is 11.3 Å². The number of nitrogen functional groups attached to an aromatic ring is 1. The van der Waals surface area contributed by atoms with E-state index in [1.807, 2.05) is 16.8 Å². The van der Waals surface area contributed by atoms with Crippen molar-refractivity contribution in [2.45, 2.75) is 13.1 Å². The lowest BCUT2D eigenvalue weighted by molar-refractivity contribution is -0.131. The Hall–Kier alpha value is -2.08. The van der Waals surface area contributed by atoms with E-state index < -0.39 is 0 Å². The first-order valence-corrected chi connectivity index (χ1v) is 6.71. The molecule has 0 unspecified atom stereocenters. The number of rotatable bonds is 4. The Morgan fingerprint density at radius 2 is 2.21 bits per heavy atom. The van der Waals surface area contributed by atoms with Crippen LogP contribution in [-0.2, 0) is 17.9 Å². The monoisotopic (exact) mass is 277 g/mol. The second kappa shape index (κ2) is 5.71. The zero-order valence-corrected chi connectivity index (χ0v) is 11.4. The maximum absolute atomic E-state index is 12.0. The Labute approximate surface area is 114 Å². The third-order valence-corrected chi connectivity index (χ3v) is 3.47. The fourth-order valence-corrected chi connectivity index (χ4v) is 2.34. The van der Waals surface area contributed by atoms with Gasteiger partial charge in [-0.05, 0) is 28.5 Å². The first kappa shape index (κ1) is 13.4. The molecule has 6 heteroatoms. The highest BCUT2D eigenvalue weighted by molar-refractivity contribution is 7.07. The minimum atomic E-state index is -0.230. The summed E-state index contributed by atoms with van der Waals surface area (Å²) in [6.07, 6.45) is 1.48. The fourth-order valence-electron chi connectivity index (χ4n) is 1.68. The molecule has 0 aliphatic rings. The average molecular weight is 277 g/mol. The van der Waals surface area contributed by atoms with Crippen molar-refractivity contribution in [1.29, 1.82) is 0 Å². The van der Waals surface area contributed by atoms with Gasteiger partial charge in [0.15, 0.2) is 0 Å². The molecule has 0 aliphatic heterocycles. The molecule has 2 heterocycles. The van der Waals surface area contributed by atoms with Crippen molar-refractivity contribution in [3.8, 4) is 0 Å². The zero-order chi connectivity index (χ0) is 13.8. The molecule has 0 spiro atoms. The molecule has 1 amide bonds. The third kappa shape index (κ3) is 3.45. The van der Waals surface area contributed by atoms with Gasteiger partial charge in [0, 0.05) is 31.5 Å². The van der Waals surface area contributed by atoms with Crippen LogP contribution < -0.4 is 11.3 Å². The summed E-state index contributed by atoms with van der Waals surface area (Å²) in [5.74, 6) is -0.126. The lowest BCUT2D eigenvalue weighted by Gasteiger charge is -2.17. The van der Waals surface area contributed by atoms with Gasteiger partial charge in [-0.3, -0.25) is 9.59 Å². The molecule has 0 saturated heterocycles. The molecule has 2 aromatic heterocycles. The highest BCUT2D eigenvalue weighted by Crippen LogP contribution is 2.08. The number of nitrogens with two attached hydrogens (primary N) is 1. The van der Waals surface area contributed by atoms with Crippen LogP contribution in [0.2, 0.25) is 0 Å². The molecule has 0 saturated carbocycles. The summed E-state index contributed by atoms with van der Waals surface area (Å²) in [6, 6.07) is 4.86. The number of amides is 1. The number of hydrogen-bond donors (Lipinski definition) is 1. The van der Waals surface area contributed by atoms with E-state index in [2.05, 4.69) is 0 Å². The summed E-state index contributed by atoms with van der Waals surface area (Å²) in [5.41, 5.74) is 6.93. The largest absolute Gasteiger partial charge is 0.398 e. The number of hydrogen-bond acceptors (Lipinski definition) is 4. The van der Waals surface area contributed by atoms with Crippen LogP contribution in [0.25, 0.3) is 0 Å². The van der Waals surface area contributed by atoms with Gasteiger partial charge >= 0.3 is 0 Å². The van der Waals surface area contributed by atoms with E-state index in [1.54, 1.807) is 23.3 Å². The first-order chi connectivity index (χ1) is 9.06. The summed E-state index contributed by atoms with van der Waals surface area (Å²) in [4.78, 5) is 25.2. The molecule has 0 aromatic carbocycles. The van der Waals surface area contributed by atoms with Gasteiger partial charge in [-0.25, -0.2) is 0 Å². The Bertz CT molecular complexity index is 619. The average Bonchev–Trinajstić information content (AvgIpc) is 2.86. The summed E-state index contributed by atoms with van der Waals surface area (Å²) in [7, 11) is 1.72. The van der Waals surface area contributed by atoms with E-state index >= 15 is 0 Å². The van der Waals surface area contributed by atoms with Crippen LogP contribution in [0.3, 0.4) is 0 Å². The van der Waals surface area contributed by atoms with Crippen molar-refractivity contribution >= 4 is 22.9 Å². The number of pyridine rings is 1. The summed E-state index contributed by atoms with van der Waals surface area (Å²) < 4.78 is 1.32. The van der Waals surface area contributed by atoms with Crippen molar-refractivity contribution in [3.63, 3.8) is 0 Å². The van der Waals surface area contributed by atoms with Crippen LogP contribution in [0.4, 0.5) is 5.69 Å². The maximum atomic E-state index is 12.0. The standard InChI is InChI=1S/C13H15N3O2S/c1-15(6-10-4-5-19-9-10)13(18)8-16-7-11(14)2-3-12(16)17/h2-5,7,9H,6,8,14H2,1H3. The smallest absolute Gasteiger partial charge is 0.251 e. The number of likely N-dealkylation sites (N-methyl/N-ethyl adjacent to an activating group) is 1. The molecule has 2 N–H and O–H groups in total. The molecule has 5 nitrogen and oxygen atoms in total. The van der Waals surface area contributed by atoms with Gasteiger partial charge in [0.2, 0.25) is 5.91 Å². The molecule has 0 aliphatic carbocycles. The van der Waals surface area contributed by atoms with E-state index in [1.165, 1.54) is 22.9 Å². The Morgan fingerprint density at radius 1 is 1.42 bits per heavy atom. The zero-order valence-electron chi connectivity index (χ0n) is 10.6. The Kier molecular flexibility index (Phi) is 4.01. The second-order valence-corrected chi connectivity index (χ2v) is 5.09. The highest BCUT2D eigenvalue weighted by atomic mass is 32.1. The number of carbonyl (C=O) groups excluding carboxylic acids is 1. The molecule has 0 bridgehead atoms. The minimum Gasteiger partial charge on any atom is -0.398 e. The molecule has 2 aromatic rings. The molecule has 0 radical (unpaired) electrons. The topological polar surface area (TPSA) is 68.3 Å². The number of thiophene rings is 1. The van der Waals surface area contributed by atoms with Crippen LogP contribution in [0.5, 0.6) is 0 Å². The van der Waals surface area contributed by atoms with Gasteiger partial charge in [-0.1, -0.05) is 0 Å². The van der Waals surface area contributed by atoms with Gasteiger partial charge in [0.05, 0.1) is 0 Å². The minimum absolute atomic E-state index is 0.00447.